The van der Waals surface area contributed by atoms with E-state index in [0.29, 0.717) is 0 Å². The van der Waals surface area contributed by atoms with Crippen molar-refractivity contribution in [3.05, 3.63) is 0 Å². The average Bonchev–Trinajstić information content (AvgIpc) is 2.22. The second-order valence-corrected chi connectivity index (χ2v) is 3.56. The van der Waals surface area contributed by atoms with Crippen LogP contribution in [0.4, 0.5) is 0 Å². The first-order valence-corrected chi connectivity index (χ1v) is 3.90. The summed E-state index contributed by atoms with van der Waals surface area (Å²) in [6, 6.07) is 0. The van der Waals surface area contributed by atoms with E-state index in [1.807, 2.05) is 0 Å². The molecule has 2 bridgehead atoms. The predicted octanol–water partition coefficient (Wildman–Crippen LogP) is -0.846. The summed E-state index contributed by atoms with van der Waals surface area (Å²) in [5, 5.41) is 9.50. The Hall–Kier alpha value is -0.120. The van der Waals surface area contributed by atoms with Crippen LogP contribution < -0.4 is 5.73 Å². The van der Waals surface area contributed by atoms with Crippen molar-refractivity contribution in [1.29, 1.82) is 0 Å². The maximum atomic E-state index is 9.50. The van der Waals surface area contributed by atoms with Crippen molar-refractivity contribution in [2.24, 2.45) is 5.73 Å². The standard InChI is InChI=1S/C7H14N2O/c8-7-2-4-9(5-7)3-1-6(7)10/h6,10H,1-5,8H2. The lowest BCUT2D eigenvalue weighted by Crippen LogP contribution is -2.56. The topological polar surface area (TPSA) is 49.5 Å². The summed E-state index contributed by atoms with van der Waals surface area (Å²) in [5.41, 5.74) is 5.69. The third kappa shape index (κ3) is 0.779. The number of aliphatic hydroxyl groups excluding tert-OH is 1. The van der Waals surface area contributed by atoms with Gasteiger partial charge in [-0.05, 0) is 12.8 Å². The van der Waals surface area contributed by atoms with Gasteiger partial charge in [-0.25, -0.2) is 0 Å². The van der Waals surface area contributed by atoms with E-state index >= 15 is 0 Å². The predicted molar refractivity (Wildman–Crippen MR) is 38.6 cm³/mol. The van der Waals surface area contributed by atoms with Crippen molar-refractivity contribution in [3.8, 4) is 0 Å². The lowest BCUT2D eigenvalue weighted by atomic mass is 9.89. The van der Waals surface area contributed by atoms with Crippen LogP contribution in [-0.4, -0.2) is 41.3 Å². The molecule has 2 saturated heterocycles. The van der Waals surface area contributed by atoms with Crippen molar-refractivity contribution in [2.45, 2.75) is 24.5 Å². The van der Waals surface area contributed by atoms with Crippen molar-refractivity contribution in [1.82, 2.24) is 4.90 Å². The average molecular weight is 142 g/mol. The number of piperidine rings is 1. The monoisotopic (exact) mass is 142 g/mol. The highest BCUT2D eigenvalue weighted by Gasteiger charge is 2.43. The van der Waals surface area contributed by atoms with Crippen LogP contribution in [0, 0.1) is 0 Å². The molecule has 58 valence electrons. The second kappa shape index (κ2) is 1.94. The van der Waals surface area contributed by atoms with Gasteiger partial charge in [0.05, 0.1) is 11.6 Å². The first-order valence-electron chi connectivity index (χ1n) is 3.90. The lowest BCUT2D eigenvalue weighted by Gasteiger charge is -2.35. The maximum Gasteiger partial charge on any atom is 0.0744 e. The van der Waals surface area contributed by atoms with E-state index in [0.717, 1.165) is 32.5 Å². The first kappa shape index (κ1) is 6.58. The van der Waals surface area contributed by atoms with Crippen LogP contribution in [0.2, 0.25) is 0 Å². The molecule has 0 aromatic heterocycles. The summed E-state index contributed by atoms with van der Waals surface area (Å²) in [7, 11) is 0. The van der Waals surface area contributed by atoms with Crippen molar-refractivity contribution in [2.75, 3.05) is 19.6 Å². The van der Waals surface area contributed by atoms with Crippen molar-refractivity contribution < 1.29 is 5.11 Å². The number of aliphatic hydroxyl groups is 1. The molecule has 10 heavy (non-hydrogen) atoms. The molecule has 0 amide bonds. The Bertz CT molecular complexity index is 149. The maximum absolute atomic E-state index is 9.50. The molecule has 2 aliphatic rings. The summed E-state index contributed by atoms with van der Waals surface area (Å²) >= 11 is 0. The van der Waals surface area contributed by atoms with Crippen LogP contribution in [0.5, 0.6) is 0 Å². The minimum absolute atomic E-state index is 0.258. The molecule has 3 unspecified atom stereocenters. The number of rotatable bonds is 0. The van der Waals surface area contributed by atoms with Crippen LogP contribution in [0.15, 0.2) is 0 Å². The van der Waals surface area contributed by atoms with Gasteiger partial charge < -0.3 is 15.7 Å². The van der Waals surface area contributed by atoms with Crippen LogP contribution in [0.25, 0.3) is 0 Å². The molecule has 2 rings (SSSR count). The van der Waals surface area contributed by atoms with E-state index in [9.17, 15) is 5.11 Å². The number of hydrogen-bond acceptors (Lipinski definition) is 3. The Balaban J connectivity index is 2.17. The molecule has 0 aromatic rings. The highest BCUT2D eigenvalue weighted by molar-refractivity contribution is 5.03. The van der Waals surface area contributed by atoms with Crippen LogP contribution >= 0.6 is 0 Å². The third-order valence-corrected chi connectivity index (χ3v) is 2.79. The molecule has 0 aliphatic carbocycles. The minimum atomic E-state index is -0.266. The molecule has 3 atom stereocenters. The van der Waals surface area contributed by atoms with Crippen LogP contribution in [0.3, 0.4) is 0 Å². The molecule has 0 saturated carbocycles. The van der Waals surface area contributed by atoms with E-state index in [2.05, 4.69) is 4.90 Å². The SMILES string of the molecule is NC12CCN(CCC1O)C2. The fourth-order valence-electron chi connectivity index (χ4n) is 2.00. The van der Waals surface area contributed by atoms with Gasteiger partial charge in [0.15, 0.2) is 0 Å². The Kier molecular flexibility index (Phi) is 1.27. The van der Waals surface area contributed by atoms with Gasteiger partial charge in [0.1, 0.15) is 0 Å². The van der Waals surface area contributed by atoms with Crippen LogP contribution in [0.1, 0.15) is 12.8 Å². The van der Waals surface area contributed by atoms with Gasteiger partial charge in [-0.15, -0.1) is 0 Å². The lowest BCUT2D eigenvalue weighted by molar-refractivity contribution is 0.0489. The van der Waals surface area contributed by atoms with Gasteiger partial charge >= 0.3 is 0 Å². The Labute approximate surface area is 60.8 Å². The Morgan fingerprint density at radius 2 is 2.30 bits per heavy atom. The second-order valence-electron chi connectivity index (χ2n) is 3.56. The van der Waals surface area contributed by atoms with Gasteiger partial charge in [-0.1, -0.05) is 0 Å². The van der Waals surface area contributed by atoms with Gasteiger partial charge in [0.2, 0.25) is 0 Å². The molecule has 0 radical (unpaired) electrons. The Morgan fingerprint density at radius 3 is 3.00 bits per heavy atom. The Morgan fingerprint density at radius 1 is 1.50 bits per heavy atom. The fraction of sp³-hybridized carbons (Fsp3) is 1.00. The van der Waals surface area contributed by atoms with E-state index in [4.69, 9.17) is 5.73 Å². The fourth-order valence-corrected chi connectivity index (χ4v) is 2.00. The summed E-state index contributed by atoms with van der Waals surface area (Å²) in [6.45, 7) is 3.00. The molecule has 2 aliphatic heterocycles. The summed E-state index contributed by atoms with van der Waals surface area (Å²) in [5.74, 6) is 0. The number of hydrogen-bond donors (Lipinski definition) is 2. The van der Waals surface area contributed by atoms with Gasteiger partial charge in [-0.2, -0.15) is 0 Å². The van der Waals surface area contributed by atoms with Gasteiger partial charge in [0, 0.05) is 19.6 Å². The van der Waals surface area contributed by atoms with E-state index in [1.54, 1.807) is 0 Å². The first-order chi connectivity index (χ1) is 4.71. The molecule has 0 aromatic carbocycles. The molecule has 3 heteroatoms. The van der Waals surface area contributed by atoms with E-state index in [1.165, 1.54) is 0 Å². The minimum Gasteiger partial charge on any atom is -0.391 e. The zero-order chi connectivity index (χ0) is 7.19. The highest BCUT2D eigenvalue weighted by atomic mass is 16.3. The molecular weight excluding hydrogens is 128 g/mol. The number of fused-ring (bicyclic) bond motifs is 2. The highest BCUT2D eigenvalue weighted by Crippen LogP contribution is 2.28. The normalized spacial score (nSPS) is 53.4. The third-order valence-electron chi connectivity index (χ3n) is 2.79. The van der Waals surface area contributed by atoms with Crippen molar-refractivity contribution >= 4 is 0 Å². The summed E-state index contributed by atoms with van der Waals surface area (Å²) in [6.07, 6.45) is 1.57. The molecule has 3 N–H and O–H groups in total. The zero-order valence-electron chi connectivity index (χ0n) is 6.08. The quantitative estimate of drug-likeness (QED) is 0.463. The summed E-state index contributed by atoms with van der Waals surface area (Å²) in [4.78, 5) is 2.33. The van der Waals surface area contributed by atoms with Crippen molar-refractivity contribution in [3.63, 3.8) is 0 Å². The number of nitrogens with zero attached hydrogens (tertiary/aromatic N) is 1. The molecule has 2 fully saturated rings. The van der Waals surface area contributed by atoms with Gasteiger partial charge in [-0.3, -0.25) is 0 Å². The molecular formula is C7H14N2O. The molecule has 3 nitrogen and oxygen atoms in total. The molecule has 0 spiro atoms. The zero-order valence-corrected chi connectivity index (χ0v) is 6.08. The largest absolute Gasteiger partial charge is 0.391 e. The summed E-state index contributed by atoms with van der Waals surface area (Å²) < 4.78 is 0. The number of nitrogens with two attached hydrogens (primary N) is 1. The molecule has 2 heterocycles. The van der Waals surface area contributed by atoms with Crippen LogP contribution in [-0.2, 0) is 0 Å². The van der Waals surface area contributed by atoms with E-state index < -0.39 is 0 Å². The smallest absolute Gasteiger partial charge is 0.0744 e. The van der Waals surface area contributed by atoms with Gasteiger partial charge in [0.25, 0.3) is 0 Å². The van der Waals surface area contributed by atoms with E-state index in [-0.39, 0.29) is 11.6 Å².